The van der Waals surface area contributed by atoms with Crippen molar-refractivity contribution in [3.63, 3.8) is 0 Å². The number of ether oxygens (including phenoxy) is 1. The van der Waals surface area contributed by atoms with E-state index < -0.39 is 0 Å². The zero-order chi connectivity index (χ0) is 22.2. The van der Waals surface area contributed by atoms with Crippen molar-refractivity contribution in [2.24, 2.45) is 4.99 Å². The Kier molecular flexibility index (Phi) is 7.80. The van der Waals surface area contributed by atoms with Gasteiger partial charge < -0.3 is 20.4 Å². The SMILES string of the molecule is CCNC(=NCc1ccccc1CN1CCOCC1)NCCc1c[nH]c2cc(C)ccc12. The molecule has 1 saturated heterocycles. The number of H-pyrrole nitrogens is 1. The highest BCUT2D eigenvalue weighted by Crippen LogP contribution is 2.19. The van der Waals surface area contributed by atoms with E-state index in [4.69, 9.17) is 9.73 Å². The van der Waals surface area contributed by atoms with Gasteiger partial charge in [-0.15, -0.1) is 0 Å². The molecule has 1 aliphatic rings. The van der Waals surface area contributed by atoms with Crippen molar-refractivity contribution in [2.45, 2.75) is 33.4 Å². The fourth-order valence-electron chi connectivity index (χ4n) is 4.19. The second-order valence-electron chi connectivity index (χ2n) is 8.39. The number of aromatic nitrogens is 1. The van der Waals surface area contributed by atoms with Crippen LogP contribution in [-0.4, -0.2) is 55.2 Å². The molecule has 0 aliphatic carbocycles. The molecule has 3 N–H and O–H groups in total. The lowest BCUT2D eigenvalue weighted by Crippen LogP contribution is -2.38. The monoisotopic (exact) mass is 433 g/mol. The topological polar surface area (TPSA) is 64.7 Å². The Labute approximate surface area is 191 Å². The number of morpholine rings is 1. The van der Waals surface area contributed by atoms with Crippen LogP contribution >= 0.6 is 0 Å². The molecule has 6 heteroatoms. The first-order chi connectivity index (χ1) is 15.7. The molecule has 2 heterocycles. The van der Waals surface area contributed by atoms with Crippen molar-refractivity contribution in [1.82, 2.24) is 20.5 Å². The summed E-state index contributed by atoms with van der Waals surface area (Å²) in [5, 5.41) is 8.19. The minimum Gasteiger partial charge on any atom is -0.379 e. The first kappa shape index (κ1) is 22.4. The summed E-state index contributed by atoms with van der Waals surface area (Å²) in [6.45, 7) is 11.2. The quantitative estimate of drug-likeness (QED) is 0.375. The predicted molar refractivity (Wildman–Crippen MR) is 132 cm³/mol. The number of rotatable bonds is 8. The molecule has 0 spiro atoms. The van der Waals surface area contributed by atoms with Crippen LogP contribution in [0.15, 0.2) is 53.7 Å². The largest absolute Gasteiger partial charge is 0.379 e. The van der Waals surface area contributed by atoms with Crippen LogP contribution in [0.5, 0.6) is 0 Å². The smallest absolute Gasteiger partial charge is 0.191 e. The summed E-state index contributed by atoms with van der Waals surface area (Å²) in [4.78, 5) is 10.7. The van der Waals surface area contributed by atoms with Gasteiger partial charge in [0.2, 0.25) is 0 Å². The van der Waals surface area contributed by atoms with E-state index >= 15 is 0 Å². The average molecular weight is 434 g/mol. The third-order valence-corrected chi connectivity index (χ3v) is 5.98. The summed E-state index contributed by atoms with van der Waals surface area (Å²) >= 11 is 0. The highest BCUT2D eigenvalue weighted by molar-refractivity contribution is 5.84. The van der Waals surface area contributed by atoms with Gasteiger partial charge in [0.25, 0.3) is 0 Å². The van der Waals surface area contributed by atoms with Gasteiger partial charge in [-0.2, -0.15) is 0 Å². The predicted octanol–water partition coefficient (Wildman–Crippen LogP) is 3.61. The highest BCUT2D eigenvalue weighted by atomic mass is 16.5. The van der Waals surface area contributed by atoms with E-state index in [0.29, 0.717) is 6.54 Å². The molecule has 1 aliphatic heterocycles. The summed E-state index contributed by atoms with van der Waals surface area (Å²) in [7, 11) is 0. The van der Waals surface area contributed by atoms with Crippen LogP contribution in [0.25, 0.3) is 10.9 Å². The van der Waals surface area contributed by atoms with Gasteiger partial charge in [0.1, 0.15) is 0 Å². The van der Waals surface area contributed by atoms with Crippen LogP contribution in [0.3, 0.4) is 0 Å². The molecule has 6 nitrogen and oxygen atoms in total. The molecular formula is C26H35N5O. The average Bonchev–Trinajstić information content (AvgIpc) is 3.21. The summed E-state index contributed by atoms with van der Waals surface area (Å²) in [5.41, 5.74) is 6.45. The van der Waals surface area contributed by atoms with Gasteiger partial charge in [0.15, 0.2) is 5.96 Å². The molecule has 3 aromatic rings. The number of hydrogen-bond acceptors (Lipinski definition) is 3. The Morgan fingerprint density at radius 1 is 1.06 bits per heavy atom. The lowest BCUT2D eigenvalue weighted by atomic mass is 10.1. The number of aryl methyl sites for hydroxylation is 1. The normalized spacial score (nSPS) is 15.2. The van der Waals surface area contributed by atoms with Crippen LogP contribution in [0.4, 0.5) is 0 Å². The van der Waals surface area contributed by atoms with Gasteiger partial charge in [0, 0.05) is 49.8 Å². The molecule has 0 saturated carbocycles. The first-order valence-electron chi connectivity index (χ1n) is 11.7. The Hall–Kier alpha value is -2.83. The second-order valence-corrected chi connectivity index (χ2v) is 8.39. The van der Waals surface area contributed by atoms with Gasteiger partial charge in [0.05, 0.1) is 19.8 Å². The van der Waals surface area contributed by atoms with Crippen molar-refractivity contribution in [2.75, 3.05) is 39.4 Å². The lowest BCUT2D eigenvalue weighted by Gasteiger charge is -2.27. The summed E-state index contributed by atoms with van der Waals surface area (Å²) in [6, 6.07) is 15.2. The Morgan fingerprint density at radius 2 is 1.88 bits per heavy atom. The third-order valence-electron chi connectivity index (χ3n) is 5.98. The fourth-order valence-corrected chi connectivity index (χ4v) is 4.19. The Morgan fingerprint density at radius 3 is 2.69 bits per heavy atom. The van der Waals surface area contributed by atoms with Gasteiger partial charge in [-0.1, -0.05) is 36.4 Å². The van der Waals surface area contributed by atoms with Crippen molar-refractivity contribution >= 4 is 16.9 Å². The van der Waals surface area contributed by atoms with Crippen LogP contribution in [-0.2, 0) is 24.2 Å². The minimum absolute atomic E-state index is 0.669. The fraction of sp³-hybridized carbons (Fsp3) is 0.423. The van der Waals surface area contributed by atoms with E-state index in [1.165, 1.54) is 33.2 Å². The molecule has 1 aromatic heterocycles. The van der Waals surface area contributed by atoms with E-state index in [-0.39, 0.29) is 0 Å². The van der Waals surface area contributed by atoms with E-state index in [2.05, 4.69) is 83.0 Å². The molecule has 170 valence electrons. The van der Waals surface area contributed by atoms with Crippen molar-refractivity contribution < 1.29 is 4.74 Å². The molecule has 1 fully saturated rings. The number of benzene rings is 2. The minimum atomic E-state index is 0.669. The molecule has 0 amide bonds. The van der Waals surface area contributed by atoms with Crippen LogP contribution in [0.2, 0.25) is 0 Å². The molecule has 0 atom stereocenters. The van der Waals surface area contributed by atoms with E-state index in [0.717, 1.165) is 58.3 Å². The Balaban J connectivity index is 1.36. The maximum Gasteiger partial charge on any atom is 0.191 e. The zero-order valence-corrected chi connectivity index (χ0v) is 19.3. The number of guanidine groups is 1. The second kappa shape index (κ2) is 11.2. The number of nitrogens with one attached hydrogen (secondary N) is 3. The van der Waals surface area contributed by atoms with Crippen LogP contribution < -0.4 is 10.6 Å². The summed E-state index contributed by atoms with van der Waals surface area (Å²) < 4.78 is 5.48. The molecule has 32 heavy (non-hydrogen) atoms. The van der Waals surface area contributed by atoms with Gasteiger partial charge in [-0.3, -0.25) is 4.90 Å². The molecular weight excluding hydrogens is 398 g/mol. The number of nitrogens with zero attached hydrogens (tertiary/aromatic N) is 2. The van der Waals surface area contributed by atoms with Crippen LogP contribution in [0, 0.1) is 6.92 Å². The van der Waals surface area contributed by atoms with Gasteiger partial charge in [-0.25, -0.2) is 4.99 Å². The first-order valence-corrected chi connectivity index (χ1v) is 11.7. The molecule has 0 radical (unpaired) electrons. The number of aliphatic imine (C=N–C) groups is 1. The zero-order valence-electron chi connectivity index (χ0n) is 19.3. The number of hydrogen-bond donors (Lipinski definition) is 3. The van der Waals surface area contributed by atoms with Crippen molar-refractivity contribution in [3.05, 3.63) is 70.9 Å². The summed E-state index contributed by atoms with van der Waals surface area (Å²) in [6.07, 6.45) is 3.07. The molecule has 0 unspecified atom stereocenters. The van der Waals surface area contributed by atoms with Gasteiger partial charge >= 0.3 is 0 Å². The van der Waals surface area contributed by atoms with E-state index in [1.807, 2.05) is 0 Å². The van der Waals surface area contributed by atoms with E-state index in [1.54, 1.807) is 0 Å². The third kappa shape index (κ3) is 5.90. The van der Waals surface area contributed by atoms with E-state index in [9.17, 15) is 0 Å². The molecule has 4 rings (SSSR count). The van der Waals surface area contributed by atoms with Gasteiger partial charge in [-0.05, 0) is 48.6 Å². The highest BCUT2D eigenvalue weighted by Gasteiger charge is 2.12. The van der Waals surface area contributed by atoms with Crippen LogP contribution in [0.1, 0.15) is 29.2 Å². The van der Waals surface area contributed by atoms with Crippen molar-refractivity contribution in [3.8, 4) is 0 Å². The Bertz CT molecular complexity index is 1040. The molecule has 2 aromatic carbocycles. The summed E-state index contributed by atoms with van der Waals surface area (Å²) in [5.74, 6) is 0.865. The number of fused-ring (bicyclic) bond motifs is 1. The molecule has 0 bridgehead atoms. The number of aromatic amines is 1. The lowest BCUT2D eigenvalue weighted by molar-refractivity contribution is 0.0341. The van der Waals surface area contributed by atoms with Crippen molar-refractivity contribution in [1.29, 1.82) is 0 Å². The maximum atomic E-state index is 5.48. The maximum absolute atomic E-state index is 5.48. The standard InChI is InChI=1S/C26H35N5O/c1-3-27-26(28-11-10-22-18-29-25-16-20(2)8-9-24(22)25)30-17-21-6-4-5-7-23(21)19-31-12-14-32-15-13-31/h4-9,16,18,29H,3,10-15,17,19H2,1-2H3,(H2,27,28,30).